The third-order valence-corrected chi connectivity index (χ3v) is 3.46. The summed E-state index contributed by atoms with van der Waals surface area (Å²) in [6, 6.07) is 13.3. The van der Waals surface area contributed by atoms with Crippen LogP contribution in [-0.4, -0.2) is 26.2 Å². The third kappa shape index (κ3) is 2.62. The number of furan rings is 1. The number of methoxy groups -OCH3 is 1. The lowest BCUT2D eigenvalue weighted by Gasteiger charge is -2.06. The van der Waals surface area contributed by atoms with Crippen molar-refractivity contribution in [1.82, 2.24) is 5.32 Å². The van der Waals surface area contributed by atoms with Gasteiger partial charge in [0, 0.05) is 31.0 Å². The molecule has 0 aliphatic rings. The molecule has 1 heterocycles. The monoisotopic (exact) mass is 283 g/mol. The zero-order valence-electron chi connectivity index (χ0n) is 11.9. The molecule has 2 aromatic carbocycles. The predicted molar refractivity (Wildman–Crippen MR) is 82.5 cm³/mol. The van der Waals surface area contributed by atoms with E-state index in [2.05, 4.69) is 5.32 Å². The summed E-state index contributed by atoms with van der Waals surface area (Å²) < 4.78 is 10.8. The van der Waals surface area contributed by atoms with Gasteiger partial charge >= 0.3 is 0 Å². The first-order chi connectivity index (χ1) is 10.3. The SMILES string of the molecule is COCCCNC(=O)c1cccc2oc3ccccc3c12. The zero-order valence-corrected chi connectivity index (χ0v) is 11.9. The Morgan fingerprint density at radius 3 is 2.81 bits per heavy atom. The van der Waals surface area contributed by atoms with Crippen LogP contribution in [0.25, 0.3) is 21.9 Å². The van der Waals surface area contributed by atoms with E-state index in [1.54, 1.807) is 7.11 Å². The molecule has 0 aliphatic carbocycles. The second-order valence-corrected chi connectivity index (χ2v) is 4.88. The predicted octanol–water partition coefficient (Wildman–Crippen LogP) is 3.35. The van der Waals surface area contributed by atoms with Gasteiger partial charge in [-0.2, -0.15) is 0 Å². The van der Waals surface area contributed by atoms with Crippen LogP contribution in [0.4, 0.5) is 0 Å². The number of ether oxygens (including phenoxy) is 1. The molecule has 1 N–H and O–H groups in total. The second kappa shape index (κ2) is 5.97. The Labute approximate surface area is 122 Å². The molecule has 0 aliphatic heterocycles. The topological polar surface area (TPSA) is 51.5 Å². The van der Waals surface area contributed by atoms with Crippen LogP contribution in [0.1, 0.15) is 16.8 Å². The number of benzene rings is 2. The molecule has 3 aromatic rings. The summed E-state index contributed by atoms with van der Waals surface area (Å²) in [5, 5.41) is 4.76. The molecule has 0 saturated heterocycles. The fourth-order valence-corrected chi connectivity index (χ4v) is 2.48. The van der Waals surface area contributed by atoms with Gasteiger partial charge in [-0.15, -0.1) is 0 Å². The van der Waals surface area contributed by atoms with Crippen molar-refractivity contribution in [3.63, 3.8) is 0 Å². The van der Waals surface area contributed by atoms with E-state index in [1.165, 1.54) is 0 Å². The number of hydrogen-bond donors (Lipinski definition) is 1. The highest BCUT2D eigenvalue weighted by Crippen LogP contribution is 2.30. The van der Waals surface area contributed by atoms with Crippen molar-refractivity contribution in [3.8, 4) is 0 Å². The third-order valence-electron chi connectivity index (χ3n) is 3.46. The molecule has 3 rings (SSSR count). The molecule has 1 amide bonds. The van der Waals surface area contributed by atoms with Gasteiger partial charge in [0.1, 0.15) is 11.2 Å². The van der Waals surface area contributed by atoms with Crippen molar-refractivity contribution < 1.29 is 13.9 Å². The van der Waals surface area contributed by atoms with Gasteiger partial charge in [-0.3, -0.25) is 4.79 Å². The first-order valence-electron chi connectivity index (χ1n) is 6.98. The Kier molecular flexibility index (Phi) is 3.88. The van der Waals surface area contributed by atoms with Crippen LogP contribution in [-0.2, 0) is 4.74 Å². The molecule has 0 spiro atoms. The molecule has 21 heavy (non-hydrogen) atoms. The standard InChI is InChI=1S/C17H17NO3/c1-20-11-5-10-18-17(19)13-7-4-9-15-16(13)12-6-2-3-8-14(12)21-15/h2-4,6-9H,5,10-11H2,1H3,(H,18,19). The van der Waals surface area contributed by atoms with E-state index < -0.39 is 0 Å². The molecular formula is C17H17NO3. The van der Waals surface area contributed by atoms with Crippen molar-refractivity contribution in [2.75, 3.05) is 20.3 Å². The van der Waals surface area contributed by atoms with E-state index in [-0.39, 0.29) is 5.91 Å². The van der Waals surface area contributed by atoms with E-state index in [0.717, 1.165) is 28.4 Å². The lowest BCUT2D eigenvalue weighted by molar-refractivity contribution is 0.0950. The van der Waals surface area contributed by atoms with E-state index in [1.807, 2.05) is 42.5 Å². The van der Waals surface area contributed by atoms with Crippen molar-refractivity contribution in [1.29, 1.82) is 0 Å². The summed E-state index contributed by atoms with van der Waals surface area (Å²) in [6.07, 6.45) is 0.796. The van der Waals surface area contributed by atoms with Crippen LogP contribution < -0.4 is 5.32 Å². The van der Waals surface area contributed by atoms with Crippen LogP contribution >= 0.6 is 0 Å². The van der Waals surface area contributed by atoms with Crippen LogP contribution in [0.5, 0.6) is 0 Å². The summed E-state index contributed by atoms with van der Waals surface area (Å²) in [6.45, 7) is 1.23. The number of nitrogens with one attached hydrogen (secondary N) is 1. The number of carbonyl (C=O) groups is 1. The minimum atomic E-state index is -0.0803. The Morgan fingerprint density at radius 2 is 1.95 bits per heavy atom. The number of hydrogen-bond acceptors (Lipinski definition) is 3. The second-order valence-electron chi connectivity index (χ2n) is 4.88. The van der Waals surface area contributed by atoms with Gasteiger partial charge in [0.05, 0.1) is 5.56 Å². The van der Waals surface area contributed by atoms with Crippen molar-refractivity contribution in [2.24, 2.45) is 0 Å². The number of carbonyl (C=O) groups excluding carboxylic acids is 1. The van der Waals surface area contributed by atoms with Crippen LogP contribution in [0, 0.1) is 0 Å². The maximum absolute atomic E-state index is 12.4. The number of para-hydroxylation sites is 1. The lowest BCUT2D eigenvalue weighted by atomic mass is 10.1. The Balaban J connectivity index is 1.96. The highest BCUT2D eigenvalue weighted by atomic mass is 16.5. The van der Waals surface area contributed by atoms with Gasteiger partial charge < -0.3 is 14.5 Å². The van der Waals surface area contributed by atoms with Crippen LogP contribution in [0.2, 0.25) is 0 Å². The van der Waals surface area contributed by atoms with E-state index in [0.29, 0.717) is 18.7 Å². The largest absolute Gasteiger partial charge is 0.456 e. The molecule has 4 heteroatoms. The average Bonchev–Trinajstić information content (AvgIpc) is 2.90. The molecule has 0 saturated carbocycles. The molecule has 0 bridgehead atoms. The van der Waals surface area contributed by atoms with E-state index in [4.69, 9.17) is 9.15 Å². The van der Waals surface area contributed by atoms with Crippen LogP contribution in [0.3, 0.4) is 0 Å². The number of fused-ring (bicyclic) bond motifs is 3. The molecule has 0 radical (unpaired) electrons. The zero-order chi connectivity index (χ0) is 14.7. The fourth-order valence-electron chi connectivity index (χ4n) is 2.48. The smallest absolute Gasteiger partial charge is 0.252 e. The average molecular weight is 283 g/mol. The normalized spacial score (nSPS) is 11.1. The summed E-state index contributed by atoms with van der Waals surface area (Å²) in [4.78, 5) is 12.4. The Hall–Kier alpha value is -2.33. The van der Waals surface area contributed by atoms with Gasteiger partial charge in [-0.25, -0.2) is 0 Å². The fraction of sp³-hybridized carbons (Fsp3) is 0.235. The lowest BCUT2D eigenvalue weighted by Crippen LogP contribution is -2.25. The molecule has 4 nitrogen and oxygen atoms in total. The van der Waals surface area contributed by atoms with Gasteiger partial charge in [-0.1, -0.05) is 24.3 Å². The molecular weight excluding hydrogens is 266 g/mol. The van der Waals surface area contributed by atoms with Gasteiger partial charge in [0.15, 0.2) is 0 Å². The maximum atomic E-state index is 12.4. The van der Waals surface area contributed by atoms with Crippen LogP contribution in [0.15, 0.2) is 46.9 Å². The minimum Gasteiger partial charge on any atom is -0.456 e. The Bertz CT molecular complexity index is 776. The quantitative estimate of drug-likeness (QED) is 0.730. The number of rotatable bonds is 5. The van der Waals surface area contributed by atoms with Crippen molar-refractivity contribution >= 4 is 27.8 Å². The first-order valence-corrected chi connectivity index (χ1v) is 6.98. The maximum Gasteiger partial charge on any atom is 0.252 e. The summed E-state index contributed by atoms with van der Waals surface area (Å²) >= 11 is 0. The van der Waals surface area contributed by atoms with Crippen molar-refractivity contribution in [2.45, 2.75) is 6.42 Å². The summed E-state index contributed by atoms with van der Waals surface area (Å²) in [5.74, 6) is -0.0803. The van der Waals surface area contributed by atoms with E-state index >= 15 is 0 Å². The molecule has 0 fully saturated rings. The summed E-state index contributed by atoms with van der Waals surface area (Å²) in [5.41, 5.74) is 2.18. The summed E-state index contributed by atoms with van der Waals surface area (Å²) in [7, 11) is 1.65. The highest BCUT2D eigenvalue weighted by Gasteiger charge is 2.15. The van der Waals surface area contributed by atoms with E-state index in [9.17, 15) is 4.79 Å². The van der Waals surface area contributed by atoms with Gasteiger partial charge in [0.2, 0.25) is 0 Å². The minimum absolute atomic E-state index is 0.0803. The molecule has 108 valence electrons. The van der Waals surface area contributed by atoms with Crippen molar-refractivity contribution in [3.05, 3.63) is 48.0 Å². The van der Waals surface area contributed by atoms with Gasteiger partial charge in [0.25, 0.3) is 5.91 Å². The molecule has 0 atom stereocenters. The highest BCUT2D eigenvalue weighted by molar-refractivity contribution is 6.16. The molecule has 0 unspecified atom stereocenters. The Morgan fingerprint density at radius 1 is 1.14 bits per heavy atom. The first kappa shape index (κ1) is 13.6. The van der Waals surface area contributed by atoms with Gasteiger partial charge in [-0.05, 0) is 24.6 Å². The number of amides is 1. The molecule has 1 aromatic heterocycles.